The molecule has 2 nitrogen and oxygen atoms in total. The Balaban J connectivity index is 0. The number of benzene rings is 1. The molecule has 2 N–H and O–H groups in total. The first kappa shape index (κ1) is 15.7. The second-order valence-electron chi connectivity index (χ2n) is 2.24. The molecule has 0 aliphatic heterocycles. The van der Waals surface area contributed by atoms with Crippen LogP contribution in [0.1, 0.15) is 5.56 Å². The van der Waals surface area contributed by atoms with Gasteiger partial charge in [0.2, 0.25) is 0 Å². The largest absolute Gasteiger partial charge is 0.870 e. The van der Waals surface area contributed by atoms with Crippen molar-refractivity contribution in [2.45, 2.75) is 6.18 Å². The van der Waals surface area contributed by atoms with Gasteiger partial charge in [-0.3, -0.25) is 0 Å². The predicted molar refractivity (Wildman–Crippen MR) is 45.7 cm³/mol. The summed E-state index contributed by atoms with van der Waals surface area (Å²) in [6.07, 6.45) is -4.41. The summed E-state index contributed by atoms with van der Waals surface area (Å²) in [5.74, 6) is 0. The van der Waals surface area contributed by atoms with E-state index in [1.54, 1.807) is 0 Å². The maximum atomic E-state index is 12.1. The zero-order valence-corrected chi connectivity index (χ0v) is 7.47. The van der Waals surface area contributed by atoms with E-state index in [9.17, 15) is 13.2 Å². The van der Waals surface area contributed by atoms with Crippen molar-refractivity contribution < 1.29 is 24.1 Å². The Kier molecular flexibility index (Phi) is 5.89. The van der Waals surface area contributed by atoms with Gasteiger partial charge in [-0.05, 0) is 0 Å². The fourth-order valence-corrected chi connectivity index (χ4v) is 1.06. The minimum atomic E-state index is -4.41. The van der Waals surface area contributed by atoms with E-state index in [1.807, 2.05) is 0 Å². The molecule has 0 saturated heterocycles. The van der Waals surface area contributed by atoms with E-state index in [-0.39, 0.29) is 21.4 Å². The molecule has 1 rings (SSSR count). The first-order valence-corrected chi connectivity index (χ1v) is 3.41. The Hall–Kier alpha value is -0.715. The Morgan fingerprint density at radius 3 is 2.00 bits per heavy atom. The molecule has 7 heteroatoms. The molecule has 0 aliphatic rings. The average molecular weight is 224 g/mol. The van der Waals surface area contributed by atoms with Gasteiger partial charge in [0, 0.05) is 0 Å². The van der Waals surface area contributed by atoms with Gasteiger partial charge in [0.15, 0.2) is 0 Å². The van der Waals surface area contributed by atoms with Crippen LogP contribution < -0.4 is 5.46 Å². The number of hydrogen-bond acceptors (Lipinski definition) is 2. The van der Waals surface area contributed by atoms with Crippen LogP contribution in [0.5, 0.6) is 0 Å². The second-order valence-corrected chi connectivity index (χ2v) is 2.64. The Morgan fingerprint density at radius 2 is 1.64 bits per heavy atom. The summed E-state index contributed by atoms with van der Waals surface area (Å²) in [4.78, 5) is 0. The summed E-state index contributed by atoms with van der Waals surface area (Å²) in [5, 5.41) is -0.373. The summed E-state index contributed by atoms with van der Waals surface area (Å²) in [6.45, 7) is 0. The van der Waals surface area contributed by atoms with Crippen molar-refractivity contribution in [1.29, 1.82) is 0 Å². The third-order valence-electron chi connectivity index (χ3n) is 1.30. The fourth-order valence-electron chi connectivity index (χ4n) is 0.761. The van der Waals surface area contributed by atoms with Crippen molar-refractivity contribution >= 4 is 24.9 Å². The van der Waals surface area contributed by atoms with E-state index in [4.69, 9.17) is 19.4 Å². The van der Waals surface area contributed by atoms with E-state index < -0.39 is 11.7 Å². The monoisotopic (exact) mass is 224 g/mol. The molecule has 0 saturated carbocycles. The molecule has 0 atom stereocenters. The summed E-state index contributed by atoms with van der Waals surface area (Å²) in [7, 11) is 5.22. The van der Waals surface area contributed by atoms with Gasteiger partial charge in [-0.2, -0.15) is 0 Å². The van der Waals surface area contributed by atoms with Gasteiger partial charge in [-0.1, -0.05) is 0 Å². The van der Waals surface area contributed by atoms with E-state index in [2.05, 4.69) is 0 Å². The van der Waals surface area contributed by atoms with Crippen molar-refractivity contribution in [3.05, 3.63) is 28.8 Å². The van der Waals surface area contributed by atoms with Crippen LogP contribution in [0.25, 0.3) is 0 Å². The quantitative estimate of drug-likeness (QED) is 0.631. The maximum Gasteiger partial charge on any atom is -0.870 e. The van der Waals surface area contributed by atoms with Crippen molar-refractivity contribution in [3.8, 4) is 0 Å². The first-order chi connectivity index (χ1) is 5.41. The molecule has 0 aromatic heterocycles. The molecule has 1 aromatic carbocycles. The summed E-state index contributed by atoms with van der Waals surface area (Å²) in [6, 6.07) is 3.09. The number of rotatable bonds is 0. The van der Waals surface area contributed by atoms with Crippen LogP contribution in [-0.4, -0.2) is 18.8 Å². The summed E-state index contributed by atoms with van der Waals surface area (Å²) < 4.78 is 36.2. The molecule has 1 aromatic rings. The molecule has 0 aliphatic carbocycles. The van der Waals surface area contributed by atoms with Crippen LogP contribution in [0, 0.1) is 0 Å². The third-order valence-corrected chi connectivity index (χ3v) is 1.61. The standard InChI is InChI=1S/C7H3BClF3.2H2O/c8-4-1-2-5(6(9)3-4)7(10,11)12;;/h1-3H;2*1H2/q+2;;/p-2. The molecule has 14 heavy (non-hydrogen) atoms. The first-order valence-electron chi connectivity index (χ1n) is 3.03. The maximum absolute atomic E-state index is 12.1. The van der Waals surface area contributed by atoms with Crippen LogP contribution in [0.4, 0.5) is 13.2 Å². The third kappa shape index (κ3) is 3.57. The SMILES string of the molecule is [B+2]c1ccc(C(F)(F)F)c(Cl)c1.[OH-].[OH-]. The summed E-state index contributed by atoms with van der Waals surface area (Å²) >= 11 is 5.31. The van der Waals surface area contributed by atoms with Crippen molar-refractivity contribution in [2.75, 3.05) is 0 Å². The van der Waals surface area contributed by atoms with Crippen LogP contribution in [0.3, 0.4) is 0 Å². The van der Waals surface area contributed by atoms with Gasteiger partial charge in [-0.25, -0.2) is 0 Å². The number of alkyl halides is 3. The molecule has 0 spiro atoms. The minimum Gasteiger partial charge on any atom is -0.870 e. The van der Waals surface area contributed by atoms with E-state index in [1.165, 1.54) is 0 Å². The molecule has 76 valence electrons. The zero-order chi connectivity index (χ0) is 9.35. The predicted octanol–water partition coefficient (Wildman–Crippen LogP) is 1.80. The smallest absolute Gasteiger partial charge is 0.870 e. The van der Waals surface area contributed by atoms with Gasteiger partial charge < -0.3 is 11.0 Å². The molecule has 0 bridgehead atoms. The van der Waals surface area contributed by atoms with Crippen LogP contribution in [0.2, 0.25) is 5.02 Å². The molecule has 0 heterocycles. The minimum absolute atomic E-state index is 0. The zero-order valence-electron chi connectivity index (χ0n) is 6.72. The normalized spacial score (nSPS) is 10.1. The van der Waals surface area contributed by atoms with Crippen LogP contribution in [-0.2, 0) is 6.18 Å². The molecular formula is C7H5BClF3O2. The van der Waals surface area contributed by atoms with E-state index >= 15 is 0 Å². The molecule has 0 fully saturated rings. The van der Waals surface area contributed by atoms with Crippen molar-refractivity contribution in [1.82, 2.24) is 0 Å². The Bertz CT molecular complexity index is 303. The van der Waals surface area contributed by atoms with Crippen molar-refractivity contribution in [2.24, 2.45) is 0 Å². The molecular weight excluding hydrogens is 219 g/mol. The fraction of sp³-hybridized carbons (Fsp3) is 0.143. The number of halogens is 4. The van der Waals surface area contributed by atoms with Crippen molar-refractivity contribution in [3.63, 3.8) is 0 Å². The van der Waals surface area contributed by atoms with Crippen LogP contribution in [0.15, 0.2) is 18.2 Å². The Labute approximate surface area is 84.7 Å². The van der Waals surface area contributed by atoms with Crippen LogP contribution >= 0.6 is 11.6 Å². The van der Waals surface area contributed by atoms with E-state index in [0.29, 0.717) is 0 Å². The van der Waals surface area contributed by atoms with Gasteiger partial charge in [0.05, 0.1) is 0 Å². The average Bonchev–Trinajstić information content (AvgIpc) is 1.83. The van der Waals surface area contributed by atoms with Gasteiger partial charge in [0.25, 0.3) is 0 Å². The second kappa shape index (κ2) is 5.24. The van der Waals surface area contributed by atoms with E-state index in [0.717, 1.165) is 18.2 Å². The molecule has 0 amide bonds. The Morgan fingerprint density at radius 1 is 1.14 bits per heavy atom. The number of hydrogen-bond donors (Lipinski definition) is 0. The molecule has 0 radical (unpaired) electrons. The summed E-state index contributed by atoms with van der Waals surface area (Å²) in [5.41, 5.74) is -0.647. The van der Waals surface area contributed by atoms with Gasteiger partial charge >= 0.3 is 73.0 Å². The van der Waals surface area contributed by atoms with Gasteiger partial charge in [-0.15, -0.1) is 0 Å². The topological polar surface area (TPSA) is 60.0 Å². The van der Waals surface area contributed by atoms with Gasteiger partial charge in [0.1, 0.15) is 0 Å². The molecule has 0 unspecified atom stereocenters.